The molecule has 0 aromatic rings. The Morgan fingerprint density at radius 3 is 1.78 bits per heavy atom. The molecule has 0 saturated carbocycles. The molecule has 0 aliphatic heterocycles. The van der Waals surface area contributed by atoms with Gasteiger partial charge in [0.1, 0.15) is 0 Å². The van der Waals surface area contributed by atoms with Gasteiger partial charge >= 0.3 is 7.75 Å². The molecule has 0 atom stereocenters. The van der Waals surface area contributed by atoms with E-state index in [1.54, 1.807) is 0 Å². The van der Waals surface area contributed by atoms with E-state index in [9.17, 15) is 4.57 Å². The number of unbranched alkanes of at least 4 members (excludes halogenated alkanes) is 3. The third-order valence-electron chi connectivity index (χ3n) is 2.83. The van der Waals surface area contributed by atoms with Crippen LogP contribution in [0.4, 0.5) is 0 Å². The second-order valence-corrected chi connectivity index (χ2v) is 8.70. The highest BCUT2D eigenvalue weighted by atomic mass is 35.5. The topological polar surface area (TPSA) is 57.1 Å². The minimum atomic E-state index is -3.69. The Kier molecular flexibility index (Phi) is 12.7. The van der Waals surface area contributed by atoms with Gasteiger partial charge in [0.25, 0.3) is 0 Å². The van der Waals surface area contributed by atoms with Gasteiger partial charge in [-0.2, -0.15) is 0 Å². The van der Waals surface area contributed by atoms with E-state index in [1.165, 1.54) is 6.92 Å². The molecule has 5 nitrogen and oxygen atoms in total. The van der Waals surface area contributed by atoms with Gasteiger partial charge in [-0.1, -0.05) is 63.2 Å². The van der Waals surface area contributed by atoms with Gasteiger partial charge < -0.3 is 4.74 Å². The molecule has 0 aliphatic carbocycles. The fraction of sp³-hybridized carbons (Fsp3) is 0.933. The molecule has 8 heteroatoms. The van der Waals surface area contributed by atoms with Crippen LogP contribution >= 0.6 is 30.9 Å². The van der Waals surface area contributed by atoms with Crippen LogP contribution in [0, 0.1) is 0 Å². The first-order valence-electron chi connectivity index (χ1n) is 8.29. The lowest BCUT2D eigenvalue weighted by atomic mass is 10.3. The molecule has 0 amide bonds. The van der Waals surface area contributed by atoms with Gasteiger partial charge in [-0.25, -0.2) is 4.57 Å². The van der Waals surface area contributed by atoms with Gasteiger partial charge in [-0.3, -0.25) is 9.05 Å². The molecular weight excluding hydrogens is 360 g/mol. The van der Waals surface area contributed by atoms with Crippen LogP contribution in [0.2, 0.25) is 0 Å². The number of halogens is 2. The van der Waals surface area contributed by atoms with Crippen LogP contribution in [0.15, 0.2) is 4.76 Å². The molecule has 0 rings (SSSR count). The van der Waals surface area contributed by atoms with E-state index in [0.29, 0.717) is 19.8 Å². The van der Waals surface area contributed by atoms with E-state index >= 15 is 0 Å². The van der Waals surface area contributed by atoms with Crippen molar-refractivity contribution in [3.63, 3.8) is 0 Å². The highest BCUT2D eigenvalue weighted by Crippen LogP contribution is 2.51. The van der Waals surface area contributed by atoms with Crippen molar-refractivity contribution in [1.82, 2.24) is 0 Å². The number of ether oxygens (including phenoxy) is 1. The van der Waals surface area contributed by atoms with E-state index in [0.717, 1.165) is 38.5 Å². The molecule has 23 heavy (non-hydrogen) atoms. The largest absolute Gasteiger partial charge is 0.478 e. The summed E-state index contributed by atoms with van der Waals surface area (Å²) in [6.07, 6.45) is 5.14. The van der Waals surface area contributed by atoms with Crippen LogP contribution in [-0.2, 0) is 18.3 Å². The van der Waals surface area contributed by atoms with Crippen LogP contribution in [0.3, 0.4) is 0 Å². The Hall–Kier alpha value is 0.200. The van der Waals surface area contributed by atoms with Crippen LogP contribution in [0.5, 0.6) is 0 Å². The summed E-state index contributed by atoms with van der Waals surface area (Å²) in [6.45, 7) is 8.58. The van der Waals surface area contributed by atoms with Crippen LogP contribution < -0.4 is 0 Å². The van der Waals surface area contributed by atoms with E-state index in [1.807, 2.05) is 20.8 Å². The lowest BCUT2D eigenvalue weighted by Crippen LogP contribution is -2.25. The first kappa shape index (κ1) is 23.2. The summed E-state index contributed by atoms with van der Waals surface area (Å²) in [5.41, 5.74) is 0. The molecule has 0 aliphatic rings. The average molecular weight is 390 g/mol. The van der Waals surface area contributed by atoms with Crippen LogP contribution in [0.1, 0.15) is 66.2 Å². The molecule has 0 saturated heterocycles. The molecule has 0 fully saturated rings. The second-order valence-electron chi connectivity index (χ2n) is 5.34. The fourth-order valence-corrected chi connectivity index (χ4v) is 3.11. The summed E-state index contributed by atoms with van der Waals surface area (Å²) in [6, 6.07) is 0. The maximum atomic E-state index is 12.8. The molecule has 0 N–H and O–H groups in total. The minimum absolute atomic E-state index is 0.0226. The zero-order chi connectivity index (χ0) is 17.8. The van der Waals surface area contributed by atoms with E-state index in [4.69, 9.17) is 37.0 Å². The standard InChI is InChI=1S/C15H30Cl2NO4P/c1-5-8-11-20-14(15(4,16)17)18-23(19,21-12-9-6-2)22-13-10-7-3/h5-13H2,1-4H3. The third-order valence-corrected chi connectivity index (χ3v) is 4.60. The molecule has 0 bridgehead atoms. The van der Waals surface area contributed by atoms with Crippen LogP contribution in [0.25, 0.3) is 0 Å². The predicted octanol–water partition coefficient (Wildman–Crippen LogP) is 6.14. The summed E-state index contributed by atoms with van der Waals surface area (Å²) >= 11 is 12.2. The molecule has 138 valence electrons. The van der Waals surface area contributed by atoms with Crippen molar-refractivity contribution in [3.8, 4) is 0 Å². The molecule has 0 aromatic heterocycles. The highest BCUT2D eigenvalue weighted by Gasteiger charge is 2.33. The molecule has 0 unspecified atom stereocenters. The molecule has 0 spiro atoms. The number of rotatable bonds is 13. The summed E-state index contributed by atoms with van der Waals surface area (Å²) in [5, 5.41) is 0. The Balaban J connectivity index is 5.13. The van der Waals surface area contributed by atoms with Crippen molar-refractivity contribution in [3.05, 3.63) is 0 Å². The maximum Gasteiger partial charge on any atom is 0.456 e. The monoisotopic (exact) mass is 389 g/mol. The second kappa shape index (κ2) is 12.5. The van der Waals surface area contributed by atoms with Gasteiger partial charge in [0, 0.05) is 0 Å². The Morgan fingerprint density at radius 2 is 1.39 bits per heavy atom. The smallest absolute Gasteiger partial charge is 0.456 e. The average Bonchev–Trinajstić information content (AvgIpc) is 2.46. The lowest BCUT2D eigenvalue weighted by Gasteiger charge is -2.21. The van der Waals surface area contributed by atoms with E-state index < -0.39 is 12.1 Å². The number of nitrogens with zero attached hydrogens (tertiary/aromatic N) is 1. The Bertz CT molecular complexity index is 372. The number of alkyl halides is 2. The van der Waals surface area contributed by atoms with Crippen molar-refractivity contribution >= 4 is 36.8 Å². The highest BCUT2D eigenvalue weighted by molar-refractivity contribution is 7.52. The predicted molar refractivity (Wildman–Crippen MR) is 97.7 cm³/mol. The first-order valence-corrected chi connectivity index (χ1v) is 10.5. The van der Waals surface area contributed by atoms with Crippen molar-refractivity contribution in [2.24, 2.45) is 4.76 Å². The zero-order valence-electron chi connectivity index (χ0n) is 14.6. The van der Waals surface area contributed by atoms with Gasteiger partial charge in [0.15, 0.2) is 4.33 Å². The summed E-state index contributed by atoms with van der Waals surface area (Å²) in [4.78, 5) is 0. The minimum Gasteiger partial charge on any atom is -0.478 e. The lowest BCUT2D eigenvalue weighted by molar-refractivity contribution is 0.199. The van der Waals surface area contributed by atoms with Gasteiger partial charge in [-0.15, -0.1) is 4.76 Å². The van der Waals surface area contributed by atoms with Crippen LogP contribution in [-0.4, -0.2) is 30.1 Å². The van der Waals surface area contributed by atoms with E-state index in [2.05, 4.69) is 4.76 Å². The summed E-state index contributed by atoms with van der Waals surface area (Å²) < 4.78 is 31.8. The van der Waals surface area contributed by atoms with Gasteiger partial charge in [0.2, 0.25) is 5.90 Å². The van der Waals surface area contributed by atoms with Crippen molar-refractivity contribution in [2.45, 2.75) is 70.6 Å². The quantitative estimate of drug-likeness (QED) is 0.125. The Labute approximate surface area is 150 Å². The maximum absolute atomic E-state index is 12.8. The molecular formula is C15H30Cl2NO4P. The number of hydrogen-bond donors (Lipinski definition) is 0. The molecule has 0 heterocycles. The zero-order valence-corrected chi connectivity index (χ0v) is 17.1. The van der Waals surface area contributed by atoms with Gasteiger partial charge in [0.05, 0.1) is 19.8 Å². The Morgan fingerprint density at radius 1 is 0.957 bits per heavy atom. The molecule has 0 radical (unpaired) electrons. The normalized spacial score (nSPS) is 13.4. The van der Waals surface area contributed by atoms with Crippen molar-refractivity contribution in [1.29, 1.82) is 0 Å². The summed E-state index contributed by atoms with van der Waals surface area (Å²) in [7, 11) is -3.69. The summed E-state index contributed by atoms with van der Waals surface area (Å²) in [5.74, 6) is -0.0226. The molecule has 0 aromatic carbocycles. The third kappa shape index (κ3) is 11.4. The van der Waals surface area contributed by atoms with Gasteiger partial charge in [-0.05, 0) is 26.2 Å². The van der Waals surface area contributed by atoms with Crippen molar-refractivity contribution in [2.75, 3.05) is 19.8 Å². The first-order chi connectivity index (χ1) is 10.8. The fourth-order valence-electron chi connectivity index (χ4n) is 1.41. The van der Waals surface area contributed by atoms with E-state index in [-0.39, 0.29) is 5.90 Å². The number of hydrogen-bond acceptors (Lipinski definition) is 4. The van der Waals surface area contributed by atoms with Crippen molar-refractivity contribution < 1.29 is 18.3 Å². The SMILES string of the molecule is CCCCOC(=NP(=O)(OCCCC)OCCCC)C(C)(Cl)Cl.